The van der Waals surface area contributed by atoms with E-state index in [2.05, 4.69) is 20.5 Å². The molecule has 2 rings (SSSR count). The Balaban J connectivity index is 2.16. The number of nitrogens with one attached hydrogen (secondary N) is 1. The van der Waals surface area contributed by atoms with E-state index in [1.54, 1.807) is 0 Å². The molecule has 2 aromatic rings. The molecule has 0 aliphatic heterocycles. The number of aromatic nitrogens is 3. The van der Waals surface area contributed by atoms with Gasteiger partial charge >= 0.3 is 0 Å². The van der Waals surface area contributed by atoms with Crippen LogP contribution in [0.4, 0.5) is 5.13 Å². The lowest BCUT2D eigenvalue weighted by Crippen LogP contribution is -2.12. The highest BCUT2D eigenvalue weighted by Gasteiger charge is 2.11. The molecule has 5 nitrogen and oxygen atoms in total. The molecule has 0 saturated carbocycles. The molecular weight excluding hydrogens is 295 g/mol. The van der Waals surface area contributed by atoms with Crippen molar-refractivity contribution in [2.45, 2.75) is 13.3 Å². The molecule has 0 aromatic carbocycles. The summed E-state index contributed by atoms with van der Waals surface area (Å²) < 4.78 is 0. The van der Waals surface area contributed by atoms with E-state index >= 15 is 0 Å². The molecule has 0 aliphatic rings. The molecule has 0 aliphatic carbocycles. The van der Waals surface area contributed by atoms with Gasteiger partial charge in [0, 0.05) is 5.56 Å². The molecule has 2 aromatic heterocycles. The molecule has 8 heteroatoms. The number of halogens is 2. The monoisotopic (exact) mass is 302 g/mol. The number of amides is 1. The van der Waals surface area contributed by atoms with Gasteiger partial charge in [-0.1, -0.05) is 41.5 Å². The van der Waals surface area contributed by atoms with Gasteiger partial charge in [-0.15, -0.1) is 10.2 Å². The van der Waals surface area contributed by atoms with Crippen LogP contribution >= 0.6 is 34.5 Å². The van der Waals surface area contributed by atoms with E-state index in [9.17, 15) is 4.79 Å². The summed E-state index contributed by atoms with van der Waals surface area (Å²) in [6, 6.07) is 2.87. The normalized spacial score (nSPS) is 10.4. The summed E-state index contributed by atoms with van der Waals surface area (Å²) in [6.45, 7) is 1.97. The first-order chi connectivity index (χ1) is 8.58. The Labute approximate surface area is 117 Å². The van der Waals surface area contributed by atoms with E-state index in [0.717, 1.165) is 11.4 Å². The minimum absolute atomic E-state index is 0.166. The van der Waals surface area contributed by atoms with Crippen molar-refractivity contribution in [3.8, 4) is 0 Å². The van der Waals surface area contributed by atoms with Crippen LogP contribution in [0.2, 0.25) is 10.3 Å². The van der Waals surface area contributed by atoms with Crippen molar-refractivity contribution in [1.29, 1.82) is 0 Å². The zero-order valence-electron chi connectivity index (χ0n) is 9.28. The highest BCUT2D eigenvalue weighted by atomic mass is 35.5. The van der Waals surface area contributed by atoms with Gasteiger partial charge in [-0.3, -0.25) is 10.1 Å². The fraction of sp³-hybridized carbons (Fsp3) is 0.200. The van der Waals surface area contributed by atoms with Crippen molar-refractivity contribution in [3.05, 3.63) is 33.0 Å². The largest absolute Gasteiger partial charge is 0.296 e. The van der Waals surface area contributed by atoms with E-state index in [1.807, 2.05) is 6.92 Å². The number of nitrogens with zero attached hydrogens (tertiary/aromatic N) is 3. The number of rotatable bonds is 3. The molecule has 0 spiro atoms. The van der Waals surface area contributed by atoms with Crippen LogP contribution in [0, 0.1) is 0 Å². The number of pyridine rings is 1. The van der Waals surface area contributed by atoms with Crippen LogP contribution in [0.1, 0.15) is 22.3 Å². The van der Waals surface area contributed by atoms with Crippen LogP contribution in [0.5, 0.6) is 0 Å². The molecule has 1 amide bonds. The third-order valence-corrected chi connectivity index (χ3v) is 3.39. The van der Waals surface area contributed by atoms with E-state index in [-0.39, 0.29) is 16.2 Å². The summed E-state index contributed by atoms with van der Waals surface area (Å²) in [5.41, 5.74) is 0.327. The SMILES string of the molecule is CCc1nnc(NC(=O)c2cc(Cl)nc(Cl)c2)s1. The van der Waals surface area contributed by atoms with Crippen LogP contribution in [0.25, 0.3) is 0 Å². The van der Waals surface area contributed by atoms with E-state index in [1.165, 1.54) is 23.5 Å². The zero-order chi connectivity index (χ0) is 13.1. The quantitative estimate of drug-likeness (QED) is 0.885. The fourth-order valence-corrected chi connectivity index (χ4v) is 2.35. The maximum absolute atomic E-state index is 11.9. The van der Waals surface area contributed by atoms with E-state index < -0.39 is 0 Å². The standard InChI is InChI=1S/C10H8Cl2N4OS/c1-2-8-15-16-10(18-8)14-9(17)5-3-6(11)13-7(12)4-5/h3-4H,2H2,1H3,(H,14,16,17). The summed E-state index contributed by atoms with van der Waals surface area (Å²) in [4.78, 5) is 15.7. The number of hydrogen-bond acceptors (Lipinski definition) is 5. The van der Waals surface area contributed by atoms with Crippen molar-refractivity contribution in [2.75, 3.05) is 5.32 Å². The van der Waals surface area contributed by atoms with Crippen LogP contribution in [0.15, 0.2) is 12.1 Å². The molecule has 0 bridgehead atoms. The Kier molecular flexibility index (Phi) is 4.11. The zero-order valence-corrected chi connectivity index (χ0v) is 11.6. The van der Waals surface area contributed by atoms with Gasteiger partial charge in [0.25, 0.3) is 5.91 Å². The Morgan fingerprint density at radius 1 is 1.33 bits per heavy atom. The molecule has 18 heavy (non-hydrogen) atoms. The van der Waals surface area contributed by atoms with Gasteiger partial charge in [-0.05, 0) is 18.6 Å². The molecule has 0 radical (unpaired) electrons. The van der Waals surface area contributed by atoms with Crippen LogP contribution in [-0.2, 0) is 6.42 Å². The summed E-state index contributed by atoms with van der Waals surface area (Å²) in [5, 5.41) is 12.0. The predicted molar refractivity (Wildman–Crippen MR) is 71.5 cm³/mol. The first-order valence-electron chi connectivity index (χ1n) is 5.05. The molecule has 94 valence electrons. The van der Waals surface area contributed by atoms with Crippen molar-refractivity contribution in [1.82, 2.24) is 15.2 Å². The highest BCUT2D eigenvalue weighted by Crippen LogP contribution is 2.19. The molecule has 0 fully saturated rings. The molecule has 1 N–H and O–H groups in total. The number of aryl methyl sites for hydroxylation is 1. The lowest BCUT2D eigenvalue weighted by Gasteiger charge is -2.01. The first kappa shape index (κ1) is 13.2. The predicted octanol–water partition coefficient (Wildman–Crippen LogP) is 3.05. The fourth-order valence-electron chi connectivity index (χ4n) is 1.21. The summed E-state index contributed by atoms with van der Waals surface area (Å²) >= 11 is 12.8. The summed E-state index contributed by atoms with van der Waals surface area (Å²) in [5.74, 6) is -0.347. The van der Waals surface area contributed by atoms with Crippen molar-refractivity contribution < 1.29 is 4.79 Å². The average molecular weight is 303 g/mol. The van der Waals surface area contributed by atoms with Gasteiger partial charge in [0.15, 0.2) is 0 Å². The minimum Gasteiger partial charge on any atom is -0.296 e. The smallest absolute Gasteiger partial charge is 0.257 e. The van der Waals surface area contributed by atoms with Crippen molar-refractivity contribution >= 4 is 45.6 Å². The Morgan fingerprint density at radius 2 is 2.00 bits per heavy atom. The number of hydrogen-bond donors (Lipinski definition) is 1. The average Bonchev–Trinajstić information content (AvgIpc) is 2.75. The Bertz CT molecular complexity index is 567. The molecule has 0 atom stereocenters. The van der Waals surface area contributed by atoms with Gasteiger partial charge in [-0.25, -0.2) is 4.98 Å². The molecular formula is C10H8Cl2N4OS. The van der Waals surface area contributed by atoms with Crippen LogP contribution < -0.4 is 5.32 Å². The Hall–Kier alpha value is -1.24. The lowest BCUT2D eigenvalue weighted by atomic mass is 10.2. The van der Waals surface area contributed by atoms with Gasteiger partial charge < -0.3 is 0 Å². The van der Waals surface area contributed by atoms with Gasteiger partial charge in [-0.2, -0.15) is 0 Å². The second kappa shape index (κ2) is 5.60. The third-order valence-electron chi connectivity index (χ3n) is 2.01. The lowest BCUT2D eigenvalue weighted by molar-refractivity contribution is 0.102. The maximum Gasteiger partial charge on any atom is 0.257 e. The van der Waals surface area contributed by atoms with Crippen LogP contribution in [-0.4, -0.2) is 21.1 Å². The second-order valence-corrected chi connectivity index (χ2v) is 5.15. The van der Waals surface area contributed by atoms with E-state index in [4.69, 9.17) is 23.2 Å². The number of carbonyl (C=O) groups excluding carboxylic acids is 1. The molecule has 0 unspecified atom stereocenters. The highest BCUT2D eigenvalue weighted by molar-refractivity contribution is 7.15. The van der Waals surface area contributed by atoms with Crippen molar-refractivity contribution in [2.24, 2.45) is 0 Å². The van der Waals surface area contributed by atoms with Gasteiger partial charge in [0.2, 0.25) is 5.13 Å². The summed E-state index contributed by atoms with van der Waals surface area (Å²) in [6.07, 6.45) is 0.778. The maximum atomic E-state index is 11.9. The van der Waals surface area contributed by atoms with Gasteiger partial charge in [0.1, 0.15) is 15.3 Å². The Morgan fingerprint density at radius 3 is 2.56 bits per heavy atom. The van der Waals surface area contributed by atoms with Crippen LogP contribution in [0.3, 0.4) is 0 Å². The number of anilines is 1. The van der Waals surface area contributed by atoms with E-state index in [0.29, 0.717) is 10.7 Å². The summed E-state index contributed by atoms with van der Waals surface area (Å²) in [7, 11) is 0. The van der Waals surface area contributed by atoms with Crippen molar-refractivity contribution in [3.63, 3.8) is 0 Å². The third kappa shape index (κ3) is 3.16. The number of carbonyl (C=O) groups is 1. The second-order valence-electron chi connectivity index (χ2n) is 3.31. The topological polar surface area (TPSA) is 67.8 Å². The first-order valence-corrected chi connectivity index (χ1v) is 6.62. The molecule has 2 heterocycles. The van der Waals surface area contributed by atoms with Gasteiger partial charge in [0.05, 0.1) is 0 Å². The minimum atomic E-state index is -0.347. The molecule has 0 saturated heterocycles.